The Kier molecular flexibility index (Phi) is 4.82. The molecule has 3 atom stereocenters. The van der Waals surface area contributed by atoms with Gasteiger partial charge in [-0.1, -0.05) is 13.8 Å². The molecule has 1 aliphatic heterocycles. The maximum Gasteiger partial charge on any atom is 0.300 e. The molecular formula is C16H31BNO2S. The van der Waals surface area contributed by atoms with Crippen molar-refractivity contribution in [1.82, 2.24) is 5.32 Å². The van der Waals surface area contributed by atoms with Crippen LogP contribution in [0.15, 0.2) is 0 Å². The highest BCUT2D eigenvalue weighted by Crippen LogP contribution is 2.69. The molecule has 21 heavy (non-hydrogen) atoms. The van der Waals surface area contributed by atoms with Crippen LogP contribution in [0.4, 0.5) is 0 Å². The fraction of sp³-hybridized carbons (Fsp3) is 1.00. The molecule has 3 rings (SSSR count). The first-order valence-electron chi connectivity index (χ1n) is 8.32. The fourth-order valence-corrected chi connectivity index (χ4v) is 3.15. The highest BCUT2D eigenvalue weighted by atomic mass is 32.1. The van der Waals surface area contributed by atoms with Gasteiger partial charge in [0.05, 0.1) is 5.60 Å². The fourth-order valence-electron chi connectivity index (χ4n) is 3.10. The minimum absolute atomic E-state index is 0.0108. The van der Waals surface area contributed by atoms with Gasteiger partial charge in [0.1, 0.15) is 12.5 Å². The third kappa shape index (κ3) is 3.31. The Labute approximate surface area is 136 Å². The zero-order valence-electron chi connectivity index (χ0n) is 14.5. The zero-order valence-corrected chi connectivity index (χ0v) is 15.3. The van der Waals surface area contributed by atoms with Gasteiger partial charge in [-0.3, -0.25) is 5.32 Å². The second-order valence-corrected chi connectivity index (χ2v) is 8.72. The minimum atomic E-state index is -0.252. The summed E-state index contributed by atoms with van der Waals surface area (Å²) in [4.78, 5) is 0. The van der Waals surface area contributed by atoms with Gasteiger partial charge in [0, 0.05) is 4.75 Å². The summed E-state index contributed by atoms with van der Waals surface area (Å²) < 4.78 is 11.7. The topological polar surface area (TPSA) is 30.5 Å². The second-order valence-electron chi connectivity index (χ2n) is 7.60. The quantitative estimate of drug-likeness (QED) is 0.612. The van der Waals surface area contributed by atoms with E-state index in [1.807, 2.05) is 13.8 Å². The van der Waals surface area contributed by atoms with Crippen molar-refractivity contribution in [1.29, 1.82) is 0 Å². The standard InChI is InChI=1S/C14H25BNO2S.C2H6/c1-11(2,12(3,4)19)18-15-13-5-6-14(16-9-17-14)8-10(13)7-13;1-2/h10,16,19H,5-9H2,1-4H3;1-2H3. The van der Waals surface area contributed by atoms with Crippen molar-refractivity contribution < 1.29 is 9.39 Å². The summed E-state index contributed by atoms with van der Waals surface area (Å²) in [7, 11) is 2.13. The zero-order chi connectivity index (χ0) is 15.9. The molecule has 1 heterocycles. The van der Waals surface area contributed by atoms with Crippen LogP contribution in [0.5, 0.6) is 0 Å². The second kappa shape index (κ2) is 5.74. The lowest BCUT2D eigenvalue weighted by atomic mass is 9.65. The molecule has 1 radical (unpaired) electrons. The van der Waals surface area contributed by atoms with Crippen LogP contribution in [0, 0.1) is 5.92 Å². The Morgan fingerprint density at radius 1 is 1.19 bits per heavy atom. The third-order valence-corrected chi connectivity index (χ3v) is 6.19. The summed E-state index contributed by atoms with van der Waals surface area (Å²) in [5, 5.41) is 3.75. The number of hydrogen-bond donors (Lipinski definition) is 2. The van der Waals surface area contributed by atoms with Crippen LogP contribution in [0.25, 0.3) is 0 Å². The molecule has 2 aliphatic carbocycles. The van der Waals surface area contributed by atoms with Gasteiger partial charge >= 0.3 is 0 Å². The average Bonchev–Trinajstić information content (AvgIpc) is 3.09. The number of ether oxygens (including phenoxy) is 1. The van der Waals surface area contributed by atoms with E-state index in [9.17, 15) is 0 Å². The van der Waals surface area contributed by atoms with Crippen LogP contribution in [0.1, 0.15) is 67.2 Å². The molecule has 121 valence electrons. The van der Waals surface area contributed by atoms with E-state index < -0.39 is 0 Å². The van der Waals surface area contributed by atoms with Crippen LogP contribution >= 0.6 is 12.6 Å². The summed E-state index contributed by atoms with van der Waals surface area (Å²) in [6.45, 7) is 13.2. The van der Waals surface area contributed by atoms with E-state index in [0.717, 1.165) is 25.5 Å². The molecule has 3 unspecified atom stereocenters. The molecule has 0 aromatic heterocycles. The molecule has 0 aromatic rings. The van der Waals surface area contributed by atoms with Gasteiger partial charge in [-0.25, -0.2) is 0 Å². The molecule has 3 fully saturated rings. The Hall–Kier alpha value is 0.295. The Bertz CT molecular complexity index is 379. The minimum Gasteiger partial charge on any atom is -0.434 e. The van der Waals surface area contributed by atoms with Crippen molar-refractivity contribution >= 4 is 20.1 Å². The van der Waals surface area contributed by atoms with Gasteiger partial charge in [0.25, 0.3) is 7.48 Å². The lowest BCUT2D eigenvalue weighted by molar-refractivity contribution is -0.200. The first-order valence-corrected chi connectivity index (χ1v) is 8.77. The maximum absolute atomic E-state index is 6.14. The summed E-state index contributed by atoms with van der Waals surface area (Å²) in [6, 6.07) is 0. The lowest BCUT2D eigenvalue weighted by Crippen LogP contribution is -2.61. The van der Waals surface area contributed by atoms with E-state index in [1.54, 1.807) is 0 Å². The average molecular weight is 312 g/mol. The lowest BCUT2D eigenvalue weighted by Gasteiger charge is -2.47. The number of fused-ring (bicyclic) bond motifs is 1. The Morgan fingerprint density at radius 3 is 2.24 bits per heavy atom. The van der Waals surface area contributed by atoms with Gasteiger partial charge in [0.2, 0.25) is 0 Å². The first-order chi connectivity index (χ1) is 9.68. The third-order valence-electron chi connectivity index (χ3n) is 5.65. The Morgan fingerprint density at radius 2 is 1.81 bits per heavy atom. The molecule has 1 saturated heterocycles. The smallest absolute Gasteiger partial charge is 0.300 e. The number of thiol groups is 1. The van der Waals surface area contributed by atoms with Gasteiger partial charge in [-0.15, -0.1) is 0 Å². The first kappa shape index (κ1) is 17.6. The highest BCUT2D eigenvalue weighted by molar-refractivity contribution is 7.81. The van der Waals surface area contributed by atoms with Crippen molar-refractivity contribution in [3.63, 3.8) is 0 Å². The molecule has 3 nitrogen and oxygen atoms in total. The van der Waals surface area contributed by atoms with Crippen LogP contribution < -0.4 is 5.32 Å². The summed E-state index contributed by atoms with van der Waals surface area (Å²) in [6.07, 6.45) is 4.67. The van der Waals surface area contributed by atoms with E-state index in [0.29, 0.717) is 5.31 Å². The monoisotopic (exact) mass is 312 g/mol. The molecule has 1 N–H and O–H groups in total. The van der Waals surface area contributed by atoms with Crippen molar-refractivity contribution in [2.45, 2.75) is 88.6 Å². The maximum atomic E-state index is 6.14. The van der Waals surface area contributed by atoms with E-state index >= 15 is 0 Å². The van der Waals surface area contributed by atoms with Crippen molar-refractivity contribution in [2.24, 2.45) is 5.92 Å². The molecule has 0 amide bonds. The van der Waals surface area contributed by atoms with Crippen LogP contribution in [0.2, 0.25) is 5.31 Å². The van der Waals surface area contributed by atoms with E-state index in [-0.39, 0.29) is 16.1 Å². The van der Waals surface area contributed by atoms with Crippen LogP contribution in [0.3, 0.4) is 0 Å². The van der Waals surface area contributed by atoms with Crippen molar-refractivity contribution in [3.05, 3.63) is 0 Å². The largest absolute Gasteiger partial charge is 0.434 e. The van der Waals surface area contributed by atoms with Gasteiger partial charge in [-0.05, 0) is 64.6 Å². The number of rotatable bonds is 4. The molecule has 5 heteroatoms. The SMILES string of the molecule is CC.CC(C)(S)C(C)(C)O[B]C12CCC3(CC1C2)NCO3. The van der Waals surface area contributed by atoms with E-state index in [2.05, 4.69) is 53.1 Å². The predicted octanol–water partition coefficient (Wildman–Crippen LogP) is 3.77. The summed E-state index contributed by atoms with van der Waals surface area (Å²) >= 11 is 4.65. The van der Waals surface area contributed by atoms with Gasteiger partial charge < -0.3 is 9.39 Å². The highest BCUT2D eigenvalue weighted by Gasteiger charge is 2.63. The Balaban J connectivity index is 0.000000774. The molecular weight excluding hydrogens is 281 g/mol. The van der Waals surface area contributed by atoms with E-state index in [4.69, 9.17) is 9.39 Å². The molecule has 2 saturated carbocycles. The van der Waals surface area contributed by atoms with Crippen LogP contribution in [-0.4, -0.2) is 30.3 Å². The molecule has 1 spiro atoms. The molecule has 0 bridgehead atoms. The van der Waals surface area contributed by atoms with Crippen molar-refractivity contribution in [3.8, 4) is 0 Å². The van der Waals surface area contributed by atoms with E-state index in [1.165, 1.54) is 12.8 Å². The number of nitrogens with one attached hydrogen (secondary N) is 1. The van der Waals surface area contributed by atoms with Gasteiger partial charge in [-0.2, -0.15) is 12.6 Å². The van der Waals surface area contributed by atoms with Crippen LogP contribution in [-0.2, 0) is 9.39 Å². The predicted molar refractivity (Wildman–Crippen MR) is 91.8 cm³/mol. The molecule has 0 aromatic carbocycles. The summed E-state index contributed by atoms with van der Waals surface area (Å²) in [5.74, 6) is 0.730. The summed E-state index contributed by atoms with van der Waals surface area (Å²) in [5.41, 5.74) is -0.241. The number of hydrogen-bond acceptors (Lipinski definition) is 4. The van der Waals surface area contributed by atoms with Gasteiger partial charge in [0.15, 0.2) is 0 Å². The molecule has 3 aliphatic rings. The van der Waals surface area contributed by atoms with Crippen molar-refractivity contribution in [2.75, 3.05) is 6.73 Å². The normalized spacial score (nSPS) is 38.0.